The van der Waals surface area contributed by atoms with Gasteiger partial charge < -0.3 is 19.3 Å². The van der Waals surface area contributed by atoms with E-state index in [0.717, 1.165) is 60.1 Å². The van der Waals surface area contributed by atoms with E-state index in [1.54, 1.807) is 18.1 Å². The molecule has 1 amide bonds. The average Bonchev–Trinajstić information content (AvgIpc) is 3.64. The van der Waals surface area contributed by atoms with Crippen molar-refractivity contribution in [3.8, 4) is 5.75 Å². The standard InChI is InChI=1S/C27H33ClN4O4/c1-35-17-18-13-29-27(30-14-18)31-7-4-19(5-8-31)24-10-20(24)6-9-36-23-3-2-21(25(28)12-23)11-26(34)32-15-22(33)16-32/h2-3,12-14,19-20,24H,4-11,15-17H2,1H3/t20-,24-/m1/s1. The van der Waals surface area contributed by atoms with Crippen molar-refractivity contribution in [1.29, 1.82) is 0 Å². The lowest BCUT2D eigenvalue weighted by Crippen LogP contribution is -2.51. The van der Waals surface area contributed by atoms with Gasteiger partial charge in [0.15, 0.2) is 5.78 Å². The molecule has 0 radical (unpaired) electrons. The van der Waals surface area contributed by atoms with Crippen LogP contribution in [0.2, 0.25) is 5.02 Å². The summed E-state index contributed by atoms with van der Waals surface area (Å²) in [5.74, 6) is 3.88. The van der Waals surface area contributed by atoms with Crippen LogP contribution in [0.1, 0.15) is 36.8 Å². The Balaban J connectivity index is 1.01. The first-order chi connectivity index (χ1) is 17.5. The minimum atomic E-state index is -0.0664. The second-order valence-electron chi connectivity index (χ2n) is 10.2. The Hall–Kier alpha value is -2.71. The highest BCUT2D eigenvalue weighted by molar-refractivity contribution is 6.31. The van der Waals surface area contributed by atoms with Crippen LogP contribution >= 0.6 is 11.6 Å². The number of hydrogen-bond donors (Lipinski definition) is 0. The zero-order valence-electron chi connectivity index (χ0n) is 20.7. The van der Waals surface area contributed by atoms with Gasteiger partial charge in [0.25, 0.3) is 0 Å². The zero-order valence-corrected chi connectivity index (χ0v) is 21.5. The highest BCUT2D eigenvalue weighted by atomic mass is 35.5. The molecule has 0 bridgehead atoms. The van der Waals surface area contributed by atoms with Crippen molar-refractivity contribution < 1.29 is 19.1 Å². The summed E-state index contributed by atoms with van der Waals surface area (Å²) in [5, 5.41) is 0.529. The summed E-state index contributed by atoms with van der Waals surface area (Å²) in [5.41, 5.74) is 1.76. The number of carbonyl (C=O) groups excluding carboxylic acids is 2. The largest absolute Gasteiger partial charge is 0.494 e. The molecule has 3 fully saturated rings. The van der Waals surface area contributed by atoms with Gasteiger partial charge in [-0.1, -0.05) is 17.7 Å². The summed E-state index contributed by atoms with van der Waals surface area (Å²) < 4.78 is 11.1. The van der Waals surface area contributed by atoms with Crippen LogP contribution < -0.4 is 9.64 Å². The van der Waals surface area contributed by atoms with E-state index in [1.807, 2.05) is 24.5 Å². The van der Waals surface area contributed by atoms with E-state index in [1.165, 1.54) is 19.3 Å². The van der Waals surface area contributed by atoms with Crippen LogP contribution in [0.15, 0.2) is 30.6 Å². The van der Waals surface area contributed by atoms with E-state index < -0.39 is 0 Å². The number of aromatic nitrogens is 2. The van der Waals surface area contributed by atoms with Gasteiger partial charge in [-0.15, -0.1) is 0 Å². The minimum absolute atomic E-state index is 0.0664. The van der Waals surface area contributed by atoms with Gasteiger partial charge in [0.1, 0.15) is 5.75 Å². The Morgan fingerprint density at radius 3 is 2.58 bits per heavy atom. The summed E-state index contributed by atoms with van der Waals surface area (Å²) in [6.45, 7) is 3.67. The molecule has 192 valence electrons. The lowest BCUT2D eigenvalue weighted by Gasteiger charge is -2.32. The van der Waals surface area contributed by atoms with Gasteiger partial charge in [-0.3, -0.25) is 9.59 Å². The fourth-order valence-corrected chi connectivity index (χ4v) is 5.62. The Bertz CT molecular complexity index is 1080. The molecule has 2 saturated heterocycles. The normalized spacial score (nSPS) is 21.9. The first-order valence-corrected chi connectivity index (χ1v) is 13.1. The van der Waals surface area contributed by atoms with E-state index in [0.29, 0.717) is 18.2 Å². The van der Waals surface area contributed by atoms with Gasteiger partial charge in [0, 0.05) is 43.2 Å². The molecule has 1 aromatic carbocycles. The van der Waals surface area contributed by atoms with Crippen LogP contribution in [0.25, 0.3) is 0 Å². The van der Waals surface area contributed by atoms with E-state index in [9.17, 15) is 9.59 Å². The molecule has 0 unspecified atom stereocenters. The maximum absolute atomic E-state index is 12.2. The maximum atomic E-state index is 12.2. The number of ketones is 1. The molecule has 3 aliphatic rings. The third-order valence-electron chi connectivity index (χ3n) is 7.62. The lowest BCUT2D eigenvalue weighted by molar-refractivity contribution is -0.144. The van der Waals surface area contributed by atoms with Gasteiger partial charge in [0.05, 0.1) is 32.7 Å². The van der Waals surface area contributed by atoms with Crippen molar-refractivity contribution in [1.82, 2.24) is 14.9 Å². The highest BCUT2D eigenvalue weighted by Crippen LogP contribution is 2.49. The number of halogens is 1. The SMILES string of the molecule is COCc1cnc(N2CCC([C@H]3C[C@H]3CCOc3ccc(CC(=O)N4CC(=O)C4)c(Cl)c3)CC2)nc1. The van der Waals surface area contributed by atoms with Crippen molar-refractivity contribution in [3.63, 3.8) is 0 Å². The maximum Gasteiger partial charge on any atom is 0.227 e. The van der Waals surface area contributed by atoms with Crippen molar-refractivity contribution in [3.05, 3.63) is 46.7 Å². The molecule has 9 heteroatoms. The number of methoxy groups -OCH3 is 1. The highest BCUT2D eigenvalue weighted by Gasteiger charge is 2.43. The molecule has 3 heterocycles. The summed E-state index contributed by atoms with van der Waals surface area (Å²) in [6, 6.07) is 5.51. The van der Waals surface area contributed by atoms with Crippen LogP contribution in [0.4, 0.5) is 5.95 Å². The van der Waals surface area contributed by atoms with Gasteiger partial charge in [-0.2, -0.15) is 0 Å². The quantitative estimate of drug-likeness (QED) is 0.481. The van der Waals surface area contributed by atoms with E-state index >= 15 is 0 Å². The smallest absolute Gasteiger partial charge is 0.227 e. The van der Waals surface area contributed by atoms with Gasteiger partial charge in [-0.05, 0) is 61.1 Å². The third kappa shape index (κ3) is 5.98. The number of benzene rings is 1. The van der Waals surface area contributed by atoms with Gasteiger partial charge in [0.2, 0.25) is 11.9 Å². The van der Waals surface area contributed by atoms with Crippen LogP contribution in [-0.4, -0.2) is 66.5 Å². The number of likely N-dealkylation sites (tertiary alicyclic amines) is 1. The number of hydrogen-bond acceptors (Lipinski definition) is 7. The van der Waals surface area contributed by atoms with Crippen LogP contribution in [0, 0.1) is 17.8 Å². The summed E-state index contributed by atoms with van der Waals surface area (Å²) in [4.78, 5) is 36.1. The van der Waals surface area contributed by atoms with E-state index in [2.05, 4.69) is 14.9 Å². The molecule has 1 saturated carbocycles. The fraction of sp³-hybridized carbons (Fsp3) is 0.556. The number of Topliss-reactive ketones (excluding diaryl/α,β-unsaturated/α-hetero) is 1. The number of nitrogens with zero attached hydrogens (tertiary/aromatic N) is 4. The van der Waals surface area contributed by atoms with E-state index in [4.69, 9.17) is 21.1 Å². The number of anilines is 1. The Morgan fingerprint density at radius 1 is 1.17 bits per heavy atom. The number of rotatable bonds is 10. The molecule has 1 aliphatic carbocycles. The molecule has 5 rings (SSSR count). The second kappa shape index (κ2) is 11.1. The molecular formula is C27H33ClN4O4. The Kier molecular flexibility index (Phi) is 7.72. The van der Waals surface area contributed by atoms with Crippen LogP contribution in [0.3, 0.4) is 0 Å². The third-order valence-corrected chi connectivity index (χ3v) is 7.97. The zero-order chi connectivity index (χ0) is 25.1. The molecular weight excluding hydrogens is 480 g/mol. The monoisotopic (exact) mass is 512 g/mol. The predicted molar refractivity (Wildman–Crippen MR) is 136 cm³/mol. The van der Waals surface area contributed by atoms with Gasteiger partial charge >= 0.3 is 0 Å². The molecule has 36 heavy (non-hydrogen) atoms. The number of ether oxygens (including phenoxy) is 2. The molecule has 2 aromatic rings. The van der Waals surface area contributed by atoms with Crippen LogP contribution in [0.5, 0.6) is 5.75 Å². The minimum Gasteiger partial charge on any atom is -0.494 e. The number of amides is 1. The van der Waals surface area contributed by atoms with Crippen molar-refractivity contribution in [2.24, 2.45) is 17.8 Å². The molecule has 1 aromatic heterocycles. The fourth-order valence-electron chi connectivity index (χ4n) is 5.38. The van der Waals surface area contributed by atoms with E-state index in [-0.39, 0.29) is 31.2 Å². The molecule has 0 N–H and O–H groups in total. The number of piperidine rings is 1. The summed E-state index contributed by atoms with van der Waals surface area (Å²) in [7, 11) is 1.68. The van der Waals surface area contributed by atoms with Gasteiger partial charge in [-0.25, -0.2) is 9.97 Å². The molecule has 8 nitrogen and oxygen atoms in total. The molecule has 0 spiro atoms. The summed E-state index contributed by atoms with van der Waals surface area (Å²) in [6.07, 6.45) is 8.63. The Labute approximate surface area is 216 Å². The van der Waals surface area contributed by atoms with Crippen molar-refractivity contribution in [2.75, 3.05) is 44.8 Å². The average molecular weight is 513 g/mol. The Morgan fingerprint density at radius 2 is 1.92 bits per heavy atom. The van der Waals surface area contributed by atoms with Crippen LogP contribution in [-0.2, 0) is 27.4 Å². The topological polar surface area (TPSA) is 84.9 Å². The van der Waals surface area contributed by atoms with Crippen molar-refractivity contribution >= 4 is 29.2 Å². The lowest BCUT2D eigenvalue weighted by atomic mass is 9.90. The van der Waals surface area contributed by atoms with Crippen molar-refractivity contribution in [2.45, 2.75) is 38.7 Å². The molecule has 2 atom stereocenters. The number of carbonyl (C=O) groups is 2. The second-order valence-corrected chi connectivity index (χ2v) is 10.6. The first kappa shape index (κ1) is 25.0. The first-order valence-electron chi connectivity index (χ1n) is 12.8. The molecule has 2 aliphatic heterocycles. The summed E-state index contributed by atoms with van der Waals surface area (Å²) >= 11 is 6.39. The predicted octanol–water partition coefficient (Wildman–Crippen LogP) is 3.55.